The lowest BCUT2D eigenvalue weighted by Gasteiger charge is -2.26. The molecule has 10 heteroatoms. The minimum absolute atomic E-state index is 0.307. The van der Waals surface area contributed by atoms with Crippen LogP contribution in [0.1, 0.15) is 13.3 Å². The minimum atomic E-state index is -5.62. The van der Waals surface area contributed by atoms with Crippen LogP contribution in [0.5, 0.6) is 0 Å². The van der Waals surface area contributed by atoms with E-state index in [1.165, 1.54) is 6.92 Å². The van der Waals surface area contributed by atoms with Gasteiger partial charge in [0.2, 0.25) is 6.10 Å². The number of rotatable bonds is 4. The SMILES string of the molecule is CCC(OC(C(F)(F)F)C(F)(F)F)C(N)=NO. The van der Waals surface area contributed by atoms with Gasteiger partial charge in [0.1, 0.15) is 6.10 Å². The number of ether oxygens (including phenoxy) is 1. The molecule has 1 atom stereocenters. The second-order valence-corrected chi connectivity index (χ2v) is 3.02. The van der Waals surface area contributed by atoms with Crippen molar-refractivity contribution in [1.82, 2.24) is 0 Å². The van der Waals surface area contributed by atoms with Gasteiger partial charge in [-0.25, -0.2) is 0 Å². The van der Waals surface area contributed by atoms with E-state index in [-0.39, 0.29) is 6.42 Å². The molecule has 0 aliphatic rings. The van der Waals surface area contributed by atoms with Crippen LogP contribution in [0.15, 0.2) is 5.16 Å². The summed E-state index contributed by atoms with van der Waals surface area (Å²) in [7, 11) is 0. The normalized spacial score (nSPS) is 16.4. The highest BCUT2D eigenvalue weighted by atomic mass is 19.4. The number of amidine groups is 1. The molecule has 0 aromatic rings. The zero-order valence-electron chi connectivity index (χ0n) is 8.51. The number of nitrogens with two attached hydrogens (primary N) is 1. The van der Waals surface area contributed by atoms with Crippen LogP contribution in [0.25, 0.3) is 0 Å². The first kappa shape index (κ1) is 15.8. The molecule has 1 unspecified atom stereocenters. The second-order valence-electron chi connectivity index (χ2n) is 3.02. The first-order chi connectivity index (χ1) is 7.54. The summed E-state index contributed by atoms with van der Waals surface area (Å²) < 4.78 is 76.4. The second kappa shape index (κ2) is 5.43. The lowest BCUT2D eigenvalue weighted by atomic mass is 10.2. The summed E-state index contributed by atoms with van der Waals surface area (Å²) in [5.41, 5.74) is 4.90. The summed E-state index contributed by atoms with van der Waals surface area (Å²) in [6.07, 6.45) is -17.3. The first-order valence-corrected chi connectivity index (χ1v) is 4.30. The largest absolute Gasteiger partial charge is 0.423 e. The van der Waals surface area contributed by atoms with Crippen molar-refractivity contribution in [2.24, 2.45) is 10.9 Å². The van der Waals surface area contributed by atoms with Crippen LogP contribution in [0.3, 0.4) is 0 Å². The van der Waals surface area contributed by atoms with Crippen molar-refractivity contribution in [2.75, 3.05) is 0 Å². The van der Waals surface area contributed by atoms with Crippen LogP contribution in [0.4, 0.5) is 26.3 Å². The predicted molar refractivity (Wildman–Crippen MR) is 44.5 cm³/mol. The topological polar surface area (TPSA) is 67.8 Å². The zero-order chi connectivity index (χ0) is 13.9. The molecule has 0 aromatic carbocycles. The maximum absolute atomic E-state index is 12.1. The van der Waals surface area contributed by atoms with Gasteiger partial charge in [-0.15, -0.1) is 0 Å². The van der Waals surface area contributed by atoms with Crippen molar-refractivity contribution in [1.29, 1.82) is 0 Å². The standard InChI is InChI=1S/C7H10F6N2O2/c1-2-3(4(14)15-16)17-5(6(8,9)10)7(11,12)13/h3,5,16H,2H2,1H3,(H2,14,15). The third kappa shape index (κ3) is 4.67. The van der Waals surface area contributed by atoms with E-state index in [9.17, 15) is 26.3 Å². The summed E-state index contributed by atoms with van der Waals surface area (Å²) in [5, 5.41) is 10.5. The monoisotopic (exact) mass is 268 g/mol. The number of hydrogen-bond donors (Lipinski definition) is 2. The highest BCUT2D eigenvalue weighted by Gasteiger charge is 2.58. The van der Waals surface area contributed by atoms with Crippen molar-refractivity contribution in [3.05, 3.63) is 0 Å². The van der Waals surface area contributed by atoms with Crippen LogP contribution >= 0.6 is 0 Å². The fourth-order valence-corrected chi connectivity index (χ4v) is 0.944. The smallest absolute Gasteiger partial charge is 0.409 e. The van der Waals surface area contributed by atoms with Crippen molar-refractivity contribution >= 4 is 5.84 Å². The third-order valence-corrected chi connectivity index (χ3v) is 1.71. The molecule has 4 nitrogen and oxygen atoms in total. The van der Waals surface area contributed by atoms with E-state index in [1.54, 1.807) is 0 Å². The van der Waals surface area contributed by atoms with E-state index >= 15 is 0 Å². The molecule has 0 fully saturated rings. The molecule has 0 saturated carbocycles. The van der Waals surface area contributed by atoms with E-state index in [4.69, 9.17) is 10.9 Å². The van der Waals surface area contributed by atoms with Gasteiger partial charge >= 0.3 is 12.4 Å². The molecule has 0 saturated heterocycles. The summed E-state index contributed by atoms with van der Waals surface area (Å²) in [5.74, 6) is -0.856. The van der Waals surface area contributed by atoms with Crippen LogP contribution in [0.2, 0.25) is 0 Å². The molecule has 0 amide bonds. The molecule has 0 aromatic heterocycles. The van der Waals surface area contributed by atoms with Crippen LogP contribution in [-0.4, -0.2) is 35.6 Å². The van der Waals surface area contributed by atoms with Crippen molar-refractivity contribution in [3.8, 4) is 0 Å². The Morgan fingerprint density at radius 3 is 1.88 bits per heavy atom. The fourth-order valence-electron chi connectivity index (χ4n) is 0.944. The van der Waals surface area contributed by atoms with Gasteiger partial charge < -0.3 is 15.7 Å². The number of nitrogens with zero attached hydrogens (tertiary/aromatic N) is 1. The minimum Gasteiger partial charge on any atom is -0.409 e. The molecule has 0 spiro atoms. The molecule has 0 bridgehead atoms. The van der Waals surface area contributed by atoms with Crippen molar-refractivity contribution < 1.29 is 36.3 Å². The number of halogens is 6. The van der Waals surface area contributed by atoms with E-state index in [0.29, 0.717) is 0 Å². The molecule has 0 rings (SSSR count). The van der Waals surface area contributed by atoms with E-state index < -0.39 is 30.4 Å². The maximum Gasteiger partial charge on any atom is 0.423 e. The fraction of sp³-hybridized carbons (Fsp3) is 0.857. The van der Waals surface area contributed by atoms with Crippen molar-refractivity contribution in [2.45, 2.75) is 37.9 Å². The third-order valence-electron chi connectivity index (χ3n) is 1.71. The Morgan fingerprint density at radius 2 is 1.65 bits per heavy atom. The van der Waals surface area contributed by atoms with Gasteiger partial charge in [0.25, 0.3) is 0 Å². The Kier molecular flexibility index (Phi) is 5.05. The zero-order valence-corrected chi connectivity index (χ0v) is 8.51. The van der Waals surface area contributed by atoms with Gasteiger partial charge in [0.05, 0.1) is 0 Å². The molecular weight excluding hydrogens is 258 g/mol. The highest BCUT2D eigenvalue weighted by Crippen LogP contribution is 2.36. The number of hydrogen-bond acceptors (Lipinski definition) is 3. The Labute approximate surface area is 92.0 Å². The summed E-state index contributed by atoms with van der Waals surface area (Å²) in [6.45, 7) is 1.23. The van der Waals surface area contributed by atoms with E-state index in [2.05, 4.69) is 9.89 Å². The number of oxime groups is 1. The molecule has 17 heavy (non-hydrogen) atoms. The molecular formula is C7H10F6N2O2. The lowest BCUT2D eigenvalue weighted by molar-refractivity contribution is -0.326. The summed E-state index contributed by atoms with van der Waals surface area (Å²) in [6, 6.07) is 0. The van der Waals surface area contributed by atoms with E-state index in [1.807, 2.05) is 0 Å². The lowest BCUT2D eigenvalue weighted by Crippen LogP contribution is -2.48. The Hall–Kier alpha value is -1.19. The van der Waals surface area contributed by atoms with Crippen molar-refractivity contribution in [3.63, 3.8) is 0 Å². The average Bonchev–Trinajstić information content (AvgIpc) is 2.14. The van der Waals surface area contributed by atoms with E-state index in [0.717, 1.165) is 0 Å². The van der Waals surface area contributed by atoms with Gasteiger partial charge in [-0.05, 0) is 6.42 Å². The summed E-state index contributed by atoms with van der Waals surface area (Å²) >= 11 is 0. The van der Waals surface area contributed by atoms with Crippen LogP contribution in [-0.2, 0) is 4.74 Å². The van der Waals surface area contributed by atoms with Gasteiger partial charge in [-0.2, -0.15) is 26.3 Å². The molecule has 0 radical (unpaired) electrons. The van der Waals surface area contributed by atoms with Crippen LogP contribution in [0, 0.1) is 0 Å². The Morgan fingerprint density at radius 1 is 1.24 bits per heavy atom. The van der Waals surface area contributed by atoms with Gasteiger partial charge in [-0.1, -0.05) is 12.1 Å². The first-order valence-electron chi connectivity index (χ1n) is 4.30. The predicted octanol–water partition coefficient (Wildman–Crippen LogP) is 2.02. The molecule has 0 heterocycles. The van der Waals surface area contributed by atoms with Crippen LogP contribution < -0.4 is 5.73 Å². The molecule has 0 aliphatic carbocycles. The number of alkyl halides is 6. The summed E-state index contributed by atoms with van der Waals surface area (Å²) in [4.78, 5) is 0. The Bertz CT molecular complexity index is 261. The van der Waals surface area contributed by atoms with Gasteiger partial charge in [0, 0.05) is 0 Å². The molecule has 0 aliphatic heterocycles. The van der Waals surface area contributed by atoms with Gasteiger partial charge in [-0.3, -0.25) is 0 Å². The van der Waals surface area contributed by atoms with Gasteiger partial charge in [0.15, 0.2) is 5.84 Å². The molecule has 3 N–H and O–H groups in total. The highest BCUT2D eigenvalue weighted by molar-refractivity contribution is 5.84. The quantitative estimate of drug-likeness (QED) is 0.269. The Balaban J connectivity index is 5.00. The average molecular weight is 268 g/mol. The molecule has 102 valence electrons. The maximum atomic E-state index is 12.1.